The van der Waals surface area contributed by atoms with Crippen molar-refractivity contribution in [3.63, 3.8) is 0 Å². The van der Waals surface area contributed by atoms with Crippen molar-refractivity contribution in [3.05, 3.63) is 0 Å². The highest BCUT2D eigenvalue weighted by atomic mass is 32.2. The fourth-order valence-electron chi connectivity index (χ4n) is 3.85. The maximum atomic E-state index is 11.7. The topological polar surface area (TPSA) is 37.3 Å². The molecule has 2 saturated carbocycles. The minimum Gasteiger partial charge on any atom is -0.480 e. The first kappa shape index (κ1) is 14.2. The van der Waals surface area contributed by atoms with Crippen LogP contribution in [0, 0.1) is 5.41 Å². The first-order chi connectivity index (χ1) is 8.27. The Hall–Kier alpha value is -0.180. The zero-order valence-corrected chi connectivity index (χ0v) is 12.7. The van der Waals surface area contributed by atoms with Gasteiger partial charge in [0.05, 0.1) is 0 Å². The molecule has 0 aliphatic heterocycles. The number of carboxylic acids is 1. The van der Waals surface area contributed by atoms with Crippen LogP contribution in [0.15, 0.2) is 0 Å². The number of rotatable bonds is 2. The van der Waals surface area contributed by atoms with Crippen molar-refractivity contribution in [1.29, 1.82) is 0 Å². The van der Waals surface area contributed by atoms with Crippen molar-refractivity contribution < 1.29 is 9.90 Å². The molecule has 0 aromatic rings. The van der Waals surface area contributed by atoms with E-state index in [0.29, 0.717) is 5.41 Å². The van der Waals surface area contributed by atoms with Crippen LogP contribution in [-0.4, -0.2) is 20.6 Å². The number of thioether (sulfide) groups is 1. The molecule has 0 aromatic carbocycles. The van der Waals surface area contributed by atoms with Crippen LogP contribution < -0.4 is 0 Å². The van der Waals surface area contributed by atoms with Gasteiger partial charge >= 0.3 is 5.97 Å². The summed E-state index contributed by atoms with van der Waals surface area (Å²) in [6, 6.07) is 0. The normalized spacial score (nSPS) is 26.4. The number of aliphatic carboxylic acids is 1. The molecule has 0 bridgehead atoms. The van der Waals surface area contributed by atoms with Crippen molar-refractivity contribution in [2.75, 3.05) is 0 Å². The number of carbonyl (C=O) groups is 1. The van der Waals surface area contributed by atoms with Gasteiger partial charge in [0.15, 0.2) is 0 Å². The van der Waals surface area contributed by atoms with Gasteiger partial charge in [-0.15, -0.1) is 11.8 Å². The molecule has 2 rings (SSSR count). The lowest BCUT2D eigenvalue weighted by atomic mass is 9.58. The Kier molecular flexibility index (Phi) is 3.74. The Morgan fingerprint density at radius 1 is 1.06 bits per heavy atom. The van der Waals surface area contributed by atoms with Gasteiger partial charge in [0.25, 0.3) is 0 Å². The Bertz CT molecular complexity index is 314. The molecule has 0 aromatic heterocycles. The summed E-state index contributed by atoms with van der Waals surface area (Å²) < 4.78 is -0.465. The standard InChI is InChI=1S/C15H26O2S/c1-13(2,3)18-15(12(16)17)10-14(11-15)8-6-4-5-7-9-14/h4-11H2,1-3H3,(H,16,17). The van der Waals surface area contributed by atoms with Crippen molar-refractivity contribution in [3.8, 4) is 0 Å². The summed E-state index contributed by atoms with van der Waals surface area (Å²) in [6.07, 6.45) is 9.60. The molecule has 2 nitrogen and oxygen atoms in total. The molecule has 1 N–H and O–H groups in total. The molecule has 104 valence electrons. The minimum atomic E-state index is -0.586. The van der Waals surface area contributed by atoms with Crippen molar-refractivity contribution >= 4 is 17.7 Å². The third-order valence-corrected chi connectivity index (χ3v) is 5.84. The van der Waals surface area contributed by atoms with E-state index < -0.39 is 10.7 Å². The van der Waals surface area contributed by atoms with Crippen LogP contribution in [0.4, 0.5) is 0 Å². The average molecular weight is 270 g/mol. The van der Waals surface area contributed by atoms with Gasteiger partial charge in [-0.3, -0.25) is 4.79 Å². The Labute approximate surface area is 115 Å². The molecule has 18 heavy (non-hydrogen) atoms. The first-order valence-electron chi connectivity index (χ1n) is 7.21. The Balaban J connectivity index is 2.06. The summed E-state index contributed by atoms with van der Waals surface area (Å²) in [5.74, 6) is -0.586. The van der Waals surface area contributed by atoms with Gasteiger partial charge in [-0.05, 0) is 31.1 Å². The summed E-state index contributed by atoms with van der Waals surface area (Å²) in [6.45, 7) is 6.38. The van der Waals surface area contributed by atoms with E-state index in [2.05, 4.69) is 20.8 Å². The second kappa shape index (κ2) is 4.73. The number of hydrogen-bond acceptors (Lipinski definition) is 2. The highest BCUT2D eigenvalue weighted by Gasteiger charge is 2.59. The molecule has 0 unspecified atom stereocenters. The summed E-state index contributed by atoms with van der Waals surface area (Å²) >= 11 is 1.67. The lowest BCUT2D eigenvalue weighted by molar-refractivity contribution is -0.147. The quantitative estimate of drug-likeness (QED) is 0.804. The van der Waals surface area contributed by atoms with Crippen LogP contribution in [0.25, 0.3) is 0 Å². The fraction of sp³-hybridized carbons (Fsp3) is 0.933. The van der Waals surface area contributed by atoms with E-state index in [1.165, 1.54) is 38.5 Å². The van der Waals surface area contributed by atoms with Crippen LogP contribution in [-0.2, 0) is 4.79 Å². The van der Waals surface area contributed by atoms with Gasteiger partial charge in [0.1, 0.15) is 4.75 Å². The van der Waals surface area contributed by atoms with Gasteiger partial charge in [-0.1, -0.05) is 46.5 Å². The molecule has 3 heteroatoms. The summed E-state index contributed by atoms with van der Waals surface area (Å²) in [4.78, 5) is 11.7. The van der Waals surface area contributed by atoms with Crippen LogP contribution >= 0.6 is 11.8 Å². The maximum absolute atomic E-state index is 11.7. The van der Waals surface area contributed by atoms with Gasteiger partial charge < -0.3 is 5.11 Å². The highest BCUT2D eigenvalue weighted by molar-refractivity contribution is 8.02. The molecule has 0 saturated heterocycles. The predicted molar refractivity (Wildman–Crippen MR) is 77.1 cm³/mol. The SMILES string of the molecule is CC(C)(C)SC1(C(=O)O)CC2(CCCCCC2)C1. The Morgan fingerprint density at radius 2 is 1.56 bits per heavy atom. The first-order valence-corrected chi connectivity index (χ1v) is 8.02. The van der Waals surface area contributed by atoms with E-state index in [1.54, 1.807) is 11.8 Å². The van der Waals surface area contributed by atoms with Crippen molar-refractivity contribution in [2.45, 2.75) is 81.6 Å². The van der Waals surface area contributed by atoms with E-state index in [1.807, 2.05) is 0 Å². The monoisotopic (exact) mass is 270 g/mol. The molecule has 0 atom stereocenters. The fourth-order valence-corrected chi connectivity index (χ4v) is 5.86. The molecule has 1 spiro atoms. The molecular weight excluding hydrogens is 244 g/mol. The smallest absolute Gasteiger partial charge is 0.319 e. The maximum Gasteiger partial charge on any atom is 0.319 e. The van der Waals surface area contributed by atoms with Gasteiger partial charge in [-0.2, -0.15) is 0 Å². The van der Waals surface area contributed by atoms with E-state index in [9.17, 15) is 9.90 Å². The van der Waals surface area contributed by atoms with Crippen LogP contribution in [0.3, 0.4) is 0 Å². The minimum absolute atomic E-state index is 0.0325. The molecule has 0 radical (unpaired) electrons. The van der Waals surface area contributed by atoms with Crippen molar-refractivity contribution in [2.24, 2.45) is 5.41 Å². The lowest BCUT2D eigenvalue weighted by Gasteiger charge is -2.55. The van der Waals surface area contributed by atoms with E-state index >= 15 is 0 Å². The van der Waals surface area contributed by atoms with Crippen molar-refractivity contribution in [1.82, 2.24) is 0 Å². The summed E-state index contributed by atoms with van der Waals surface area (Å²) in [5.41, 5.74) is 0.368. The van der Waals surface area contributed by atoms with Gasteiger partial charge in [0, 0.05) is 4.75 Å². The third kappa shape index (κ3) is 2.87. The number of carboxylic acid groups (broad SMARTS) is 1. The molecule has 0 heterocycles. The van der Waals surface area contributed by atoms with Crippen LogP contribution in [0.5, 0.6) is 0 Å². The lowest BCUT2D eigenvalue weighted by Crippen LogP contribution is -2.56. The number of hydrogen-bond donors (Lipinski definition) is 1. The van der Waals surface area contributed by atoms with Gasteiger partial charge in [0.2, 0.25) is 0 Å². The molecular formula is C15H26O2S. The zero-order chi connectivity index (χ0) is 13.4. The second-order valence-corrected chi connectivity index (χ2v) is 9.49. The molecule has 2 fully saturated rings. The Morgan fingerprint density at radius 3 is 1.94 bits per heavy atom. The zero-order valence-electron chi connectivity index (χ0n) is 11.9. The predicted octanol–water partition coefficient (Wildman–Crippen LogP) is 4.48. The second-order valence-electron chi connectivity index (χ2n) is 7.28. The highest BCUT2D eigenvalue weighted by Crippen LogP contribution is 2.63. The molecule has 0 amide bonds. The van der Waals surface area contributed by atoms with Gasteiger partial charge in [-0.25, -0.2) is 0 Å². The summed E-state index contributed by atoms with van der Waals surface area (Å²) in [7, 11) is 0. The van der Waals surface area contributed by atoms with E-state index in [0.717, 1.165) is 12.8 Å². The van der Waals surface area contributed by atoms with Crippen LogP contribution in [0.1, 0.15) is 72.1 Å². The van der Waals surface area contributed by atoms with E-state index in [4.69, 9.17) is 0 Å². The summed E-state index contributed by atoms with van der Waals surface area (Å²) in [5, 5.41) is 9.61. The largest absolute Gasteiger partial charge is 0.480 e. The van der Waals surface area contributed by atoms with Crippen LogP contribution in [0.2, 0.25) is 0 Å². The molecule has 2 aliphatic carbocycles. The average Bonchev–Trinajstić information content (AvgIpc) is 2.39. The molecule has 2 aliphatic rings. The third-order valence-electron chi connectivity index (χ3n) is 4.38. The van der Waals surface area contributed by atoms with E-state index in [-0.39, 0.29) is 4.75 Å².